The van der Waals surface area contributed by atoms with Crippen molar-refractivity contribution < 1.29 is 19.1 Å². The van der Waals surface area contributed by atoms with Crippen LogP contribution >= 0.6 is 0 Å². The summed E-state index contributed by atoms with van der Waals surface area (Å²) in [5.74, 6) is 7.29. The molecule has 1 aliphatic rings. The second-order valence-electron chi connectivity index (χ2n) is 7.93. The highest BCUT2D eigenvalue weighted by Crippen LogP contribution is 2.41. The van der Waals surface area contributed by atoms with Gasteiger partial charge in [0.05, 0.1) is 12.8 Å². The molecule has 1 heterocycles. The lowest BCUT2D eigenvalue weighted by Gasteiger charge is -2.29. The van der Waals surface area contributed by atoms with Crippen molar-refractivity contribution in [1.29, 1.82) is 0 Å². The van der Waals surface area contributed by atoms with Gasteiger partial charge < -0.3 is 19.2 Å². The van der Waals surface area contributed by atoms with Crippen LogP contribution in [-0.2, 0) is 6.54 Å². The normalized spacial score (nSPS) is 13.7. The van der Waals surface area contributed by atoms with Crippen LogP contribution in [0.3, 0.4) is 0 Å². The minimum Gasteiger partial charge on any atom is -0.481 e. The highest BCUT2D eigenvalue weighted by atomic mass is 16.5. The first kappa shape index (κ1) is 21.7. The molecule has 0 bridgehead atoms. The van der Waals surface area contributed by atoms with E-state index in [0.29, 0.717) is 30.8 Å². The number of amides is 1. The molecule has 1 fully saturated rings. The summed E-state index contributed by atoms with van der Waals surface area (Å²) in [4.78, 5) is 14.9. The molecule has 1 amide bonds. The van der Waals surface area contributed by atoms with E-state index in [1.54, 1.807) is 23.3 Å². The number of ether oxygens (including phenoxy) is 1. The standard InChI is InChI=1S/C27H27NO4/c1-2-3-4-7-18-31-25-10-6-5-9-23(25)20-28(27(30)16-17-27)26(29)22-14-12-21(13-15-22)24-11-8-19-32-24/h5-6,8-15,19,30H,2-3,16-18,20H2,1H3. The molecule has 1 aliphatic carbocycles. The van der Waals surface area contributed by atoms with E-state index in [4.69, 9.17) is 9.15 Å². The van der Waals surface area contributed by atoms with Gasteiger partial charge >= 0.3 is 0 Å². The van der Waals surface area contributed by atoms with Gasteiger partial charge in [0, 0.05) is 23.1 Å². The third-order valence-electron chi connectivity index (χ3n) is 5.48. The van der Waals surface area contributed by atoms with Gasteiger partial charge in [0.2, 0.25) is 0 Å². The molecule has 5 heteroatoms. The van der Waals surface area contributed by atoms with Crippen molar-refractivity contribution >= 4 is 5.91 Å². The number of hydrogen-bond donors (Lipinski definition) is 1. The molecule has 1 N–H and O–H groups in total. The summed E-state index contributed by atoms with van der Waals surface area (Å²) in [6, 6.07) is 18.5. The zero-order valence-corrected chi connectivity index (χ0v) is 18.2. The molecule has 0 unspecified atom stereocenters. The number of furan rings is 1. The van der Waals surface area contributed by atoms with Crippen molar-refractivity contribution in [3.05, 3.63) is 78.1 Å². The van der Waals surface area contributed by atoms with Gasteiger partial charge in [0.1, 0.15) is 23.8 Å². The van der Waals surface area contributed by atoms with E-state index in [1.807, 2.05) is 48.5 Å². The maximum absolute atomic E-state index is 13.4. The van der Waals surface area contributed by atoms with Crippen LogP contribution in [0.15, 0.2) is 71.3 Å². The van der Waals surface area contributed by atoms with Crippen LogP contribution in [0.25, 0.3) is 11.3 Å². The molecule has 0 aliphatic heterocycles. The Balaban J connectivity index is 1.52. The van der Waals surface area contributed by atoms with E-state index in [0.717, 1.165) is 29.7 Å². The molecule has 5 nitrogen and oxygen atoms in total. The van der Waals surface area contributed by atoms with Crippen molar-refractivity contribution in [1.82, 2.24) is 4.90 Å². The quantitative estimate of drug-likeness (QED) is 0.392. The van der Waals surface area contributed by atoms with E-state index in [-0.39, 0.29) is 12.5 Å². The van der Waals surface area contributed by atoms with Gasteiger partial charge in [-0.3, -0.25) is 4.79 Å². The Morgan fingerprint density at radius 3 is 2.56 bits per heavy atom. The van der Waals surface area contributed by atoms with Gasteiger partial charge in [-0.25, -0.2) is 0 Å². The molecule has 3 aromatic rings. The Morgan fingerprint density at radius 1 is 1.09 bits per heavy atom. The molecular formula is C27H27NO4. The number of unbranched alkanes of at least 4 members (excludes halogenated alkanes) is 1. The van der Waals surface area contributed by atoms with E-state index >= 15 is 0 Å². The fourth-order valence-corrected chi connectivity index (χ4v) is 3.49. The summed E-state index contributed by atoms with van der Waals surface area (Å²) in [6.07, 6.45) is 4.61. The van der Waals surface area contributed by atoms with Crippen molar-refractivity contribution in [2.75, 3.05) is 6.61 Å². The monoisotopic (exact) mass is 429 g/mol. The Labute approximate surface area is 188 Å². The molecule has 2 aromatic carbocycles. The summed E-state index contributed by atoms with van der Waals surface area (Å²) in [5.41, 5.74) is 1.13. The third-order valence-corrected chi connectivity index (χ3v) is 5.48. The van der Waals surface area contributed by atoms with E-state index in [2.05, 4.69) is 18.8 Å². The van der Waals surface area contributed by atoms with Crippen molar-refractivity contribution in [3.8, 4) is 28.9 Å². The lowest BCUT2D eigenvalue weighted by molar-refractivity contribution is -0.0150. The number of benzene rings is 2. The Morgan fingerprint density at radius 2 is 1.88 bits per heavy atom. The first-order chi connectivity index (χ1) is 15.6. The van der Waals surface area contributed by atoms with E-state index in [1.165, 1.54) is 0 Å². The van der Waals surface area contributed by atoms with Gasteiger partial charge in [-0.2, -0.15) is 0 Å². The maximum Gasteiger partial charge on any atom is 0.256 e. The van der Waals surface area contributed by atoms with Gasteiger partial charge in [-0.1, -0.05) is 49.1 Å². The van der Waals surface area contributed by atoms with Crippen LogP contribution in [0, 0.1) is 11.8 Å². The lowest BCUT2D eigenvalue weighted by atomic mass is 10.1. The number of carbonyl (C=O) groups is 1. The van der Waals surface area contributed by atoms with Crippen LogP contribution in [0.2, 0.25) is 0 Å². The van der Waals surface area contributed by atoms with Crippen molar-refractivity contribution in [2.45, 2.75) is 44.9 Å². The first-order valence-corrected chi connectivity index (χ1v) is 11.0. The van der Waals surface area contributed by atoms with Crippen LogP contribution in [0.5, 0.6) is 5.75 Å². The van der Waals surface area contributed by atoms with Crippen molar-refractivity contribution in [2.24, 2.45) is 0 Å². The van der Waals surface area contributed by atoms with Crippen LogP contribution in [-0.4, -0.2) is 28.2 Å². The number of aliphatic hydroxyl groups is 1. The smallest absolute Gasteiger partial charge is 0.256 e. The van der Waals surface area contributed by atoms with Crippen LogP contribution < -0.4 is 4.74 Å². The second kappa shape index (κ2) is 9.76. The summed E-state index contributed by atoms with van der Waals surface area (Å²) in [5, 5.41) is 10.9. The van der Waals surface area contributed by atoms with Crippen molar-refractivity contribution in [3.63, 3.8) is 0 Å². The average molecular weight is 430 g/mol. The van der Waals surface area contributed by atoms with Crippen LogP contribution in [0.4, 0.5) is 0 Å². The highest BCUT2D eigenvalue weighted by Gasteiger charge is 2.49. The van der Waals surface area contributed by atoms with Crippen LogP contribution in [0.1, 0.15) is 48.5 Å². The van der Waals surface area contributed by atoms with Gasteiger partial charge in [0.25, 0.3) is 5.91 Å². The zero-order valence-electron chi connectivity index (χ0n) is 18.2. The molecule has 164 valence electrons. The van der Waals surface area contributed by atoms with Gasteiger partial charge in [-0.15, -0.1) is 0 Å². The molecule has 0 radical (unpaired) electrons. The predicted molar refractivity (Wildman–Crippen MR) is 123 cm³/mol. The first-order valence-electron chi connectivity index (χ1n) is 11.0. The number of para-hydroxylation sites is 1. The Bertz CT molecular complexity index is 1100. The number of carbonyl (C=O) groups excluding carboxylic acids is 1. The topological polar surface area (TPSA) is 62.9 Å². The van der Waals surface area contributed by atoms with E-state index in [9.17, 15) is 9.90 Å². The minimum atomic E-state index is -1.12. The Kier molecular flexibility index (Phi) is 6.63. The average Bonchev–Trinajstić information content (AvgIpc) is 3.33. The number of nitrogens with zero attached hydrogens (tertiary/aromatic N) is 1. The van der Waals surface area contributed by atoms with Gasteiger partial charge in [-0.05, 0) is 49.6 Å². The molecule has 0 saturated heterocycles. The molecule has 1 aromatic heterocycles. The molecule has 0 spiro atoms. The summed E-state index contributed by atoms with van der Waals surface area (Å²) < 4.78 is 11.3. The Hall–Kier alpha value is -3.49. The fourth-order valence-electron chi connectivity index (χ4n) is 3.49. The van der Waals surface area contributed by atoms with E-state index < -0.39 is 5.72 Å². The number of rotatable bonds is 8. The van der Waals surface area contributed by atoms with Gasteiger partial charge in [0.15, 0.2) is 0 Å². The lowest BCUT2D eigenvalue weighted by Crippen LogP contribution is -2.41. The SMILES string of the molecule is CCCC#CCOc1ccccc1CN(C(=O)c1ccc(-c2ccco2)cc1)C1(O)CC1. The predicted octanol–water partition coefficient (Wildman–Crippen LogP) is 5.25. The summed E-state index contributed by atoms with van der Waals surface area (Å²) in [7, 11) is 0. The second-order valence-corrected chi connectivity index (χ2v) is 7.93. The molecule has 32 heavy (non-hydrogen) atoms. The summed E-state index contributed by atoms with van der Waals surface area (Å²) >= 11 is 0. The molecule has 1 saturated carbocycles. The third kappa shape index (κ3) is 5.04. The maximum atomic E-state index is 13.4. The molecule has 4 rings (SSSR count). The highest BCUT2D eigenvalue weighted by molar-refractivity contribution is 5.95. The summed E-state index contributed by atoms with van der Waals surface area (Å²) in [6.45, 7) is 2.64. The zero-order chi connectivity index (χ0) is 22.4. The fraction of sp³-hybridized carbons (Fsp3) is 0.296. The largest absolute Gasteiger partial charge is 0.481 e. The molecule has 0 atom stereocenters. The number of hydrogen-bond acceptors (Lipinski definition) is 4. The minimum absolute atomic E-state index is 0.214. The molecular weight excluding hydrogens is 402 g/mol.